The van der Waals surface area contributed by atoms with Crippen LogP contribution in [0, 0.1) is 5.92 Å². The van der Waals surface area contributed by atoms with Crippen LogP contribution in [0.25, 0.3) is 0 Å². The minimum Gasteiger partial charge on any atom is -0.493 e. The molecule has 0 amide bonds. The first-order chi connectivity index (χ1) is 10.2. The molecule has 3 nitrogen and oxygen atoms in total. The fourth-order valence-electron chi connectivity index (χ4n) is 2.57. The molecule has 1 aromatic carbocycles. The summed E-state index contributed by atoms with van der Waals surface area (Å²) in [6, 6.07) is 6.69. The number of hydrogen-bond donors (Lipinski definition) is 1. The van der Waals surface area contributed by atoms with Crippen molar-refractivity contribution < 1.29 is 9.84 Å². The molecule has 0 aliphatic carbocycles. The second kappa shape index (κ2) is 7.98. The van der Waals surface area contributed by atoms with Crippen LogP contribution >= 0.6 is 0 Å². The van der Waals surface area contributed by atoms with Gasteiger partial charge in [0.2, 0.25) is 0 Å². The summed E-state index contributed by atoms with van der Waals surface area (Å²) >= 11 is 0. The molecule has 1 atom stereocenters. The minimum atomic E-state index is 0.0262. The van der Waals surface area contributed by atoms with Crippen LogP contribution < -0.4 is 4.74 Å². The third-order valence-corrected chi connectivity index (χ3v) is 3.79. The quantitative estimate of drug-likeness (QED) is 0.826. The maximum absolute atomic E-state index is 9.32. The number of nitrogens with zero attached hydrogens (tertiary/aromatic N) is 1. The van der Waals surface area contributed by atoms with E-state index in [1.165, 1.54) is 11.1 Å². The van der Waals surface area contributed by atoms with Crippen LogP contribution in [0.4, 0.5) is 0 Å². The fraction of sp³-hybridized carbons (Fsp3) is 0.684. The van der Waals surface area contributed by atoms with Crippen LogP contribution in [0.5, 0.6) is 5.75 Å². The number of ether oxygens (including phenoxy) is 1. The van der Waals surface area contributed by atoms with Gasteiger partial charge >= 0.3 is 0 Å². The van der Waals surface area contributed by atoms with Gasteiger partial charge in [0.25, 0.3) is 0 Å². The summed E-state index contributed by atoms with van der Waals surface area (Å²) in [5, 5.41) is 9.32. The Morgan fingerprint density at radius 1 is 1.18 bits per heavy atom. The Morgan fingerprint density at radius 2 is 1.82 bits per heavy atom. The molecule has 22 heavy (non-hydrogen) atoms. The number of aliphatic hydroxyl groups excluding tert-OH is 1. The molecule has 0 saturated heterocycles. The molecule has 3 heteroatoms. The molecule has 0 fully saturated rings. The lowest BCUT2D eigenvalue weighted by atomic mass is 9.84. The molecule has 0 saturated carbocycles. The van der Waals surface area contributed by atoms with Crippen molar-refractivity contribution in [2.75, 3.05) is 27.3 Å². The summed E-state index contributed by atoms with van der Waals surface area (Å²) < 4.78 is 6.02. The fourth-order valence-corrected chi connectivity index (χ4v) is 2.57. The van der Waals surface area contributed by atoms with Gasteiger partial charge in [-0.25, -0.2) is 0 Å². The lowest BCUT2D eigenvalue weighted by Crippen LogP contribution is -2.22. The summed E-state index contributed by atoms with van der Waals surface area (Å²) in [5.41, 5.74) is 2.49. The molecular weight excluding hydrogens is 274 g/mol. The maximum atomic E-state index is 9.32. The largest absolute Gasteiger partial charge is 0.493 e. The molecule has 1 rings (SSSR count). The van der Waals surface area contributed by atoms with Crippen LogP contribution in [0.15, 0.2) is 18.2 Å². The van der Waals surface area contributed by atoms with Gasteiger partial charge in [0, 0.05) is 12.6 Å². The topological polar surface area (TPSA) is 32.7 Å². The van der Waals surface area contributed by atoms with E-state index >= 15 is 0 Å². The van der Waals surface area contributed by atoms with Crippen molar-refractivity contribution in [1.29, 1.82) is 0 Å². The van der Waals surface area contributed by atoms with E-state index in [2.05, 4.69) is 71.8 Å². The minimum absolute atomic E-state index is 0.0262. The molecule has 0 heterocycles. The van der Waals surface area contributed by atoms with Crippen LogP contribution in [0.2, 0.25) is 0 Å². The highest BCUT2D eigenvalue weighted by atomic mass is 16.5. The van der Waals surface area contributed by atoms with E-state index in [0.717, 1.165) is 18.8 Å². The third kappa shape index (κ3) is 5.29. The monoisotopic (exact) mass is 307 g/mol. The van der Waals surface area contributed by atoms with Gasteiger partial charge < -0.3 is 14.7 Å². The van der Waals surface area contributed by atoms with Crippen LogP contribution in [0.3, 0.4) is 0 Å². The van der Waals surface area contributed by atoms with Gasteiger partial charge in [0.05, 0.1) is 6.61 Å². The number of rotatable bonds is 7. The molecule has 0 bridgehead atoms. The SMILES string of the molecule is CC(C)COc1ccc(C(CCO)N(C)C)cc1C(C)(C)C. The standard InChI is InChI=1S/C19H33NO2/c1-14(2)13-22-18-9-8-15(12-16(18)19(3,4)5)17(10-11-21)20(6)7/h8-9,12,14,17,21H,10-11,13H2,1-7H3. The second-order valence-corrected chi connectivity index (χ2v) is 7.70. The van der Waals surface area contributed by atoms with Crippen molar-refractivity contribution >= 4 is 0 Å². The zero-order valence-corrected chi connectivity index (χ0v) is 15.3. The third-order valence-electron chi connectivity index (χ3n) is 3.79. The van der Waals surface area contributed by atoms with Gasteiger partial charge in [0.1, 0.15) is 5.75 Å². The predicted octanol–water partition coefficient (Wildman–Crippen LogP) is 4.00. The van der Waals surface area contributed by atoms with Gasteiger partial charge in [-0.3, -0.25) is 0 Å². The number of aliphatic hydroxyl groups is 1. The first-order valence-corrected chi connectivity index (χ1v) is 8.21. The van der Waals surface area contributed by atoms with E-state index in [1.54, 1.807) is 0 Å². The van der Waals surface area contributed by atoms with Crippen LogP contribution in [-0.2, 0) is 5.41 Å². The van der Waals surface area contributed by atoms with E-state index < -0.39 is 0 Å². The van der Waals surface area contributed by atoms with Crippen LogP contribution in [-0.4, -0.2) is 37.3 Å². The molecule has 0 aliphatic rings. The Hall–Kier alpha value is -1.06. The van der Waals surface area contributed by atoms with Gasteiger partial charge in [0.15, 0.2) is 0 Å². The molecule has 0 spiro atoms. The van der Waals surface area contributed by atoms with E-state index in [-0.39, 0.29) is 18.1 Å². The molecular formula is C19H33NO2. The normalized spacial score (nSPS) is 13.7. The highest BCUT2D eigenvalue weighted by molar-refractivity contribution is 5.42. The summed E-state index contributed by atoms with van der Waals surface area (Å²) in [7, 11) is 4.11. The number of hydrogen-bond acceptors (Lipinski definition) is 3. The van der Waals surface area contributed by atoms with Crippen molar-refractivity contribution in [3.63, 3.8) is 0 Å². The van der Waals surface area contributed by atoms with Gasteiger partial charge in [-0.1, -0.05) is 40.7 Å². The summed E-state index contributed by atoms with van der Waals surface area (Å²) in [6.07, 6.45) is 0.739. The van der Waals surface area contributed by atoms with Gasteiger partial charge in [-0.2, -0.15) is 0 Å². The highest BCUT2D eigenvalue weighted by Crippen LogP contribution is 2.35. The predicted molar refractivity (Wildman–Crippen MR) is 93.6 cm³/mol. The summed E-state index contributed by atoms with van der Waals surface area (Å²) in [6.45, 7) is 11.9. The van der Waals surface area contributed by atoms with Crippen molar-refractivity contribution in [3.8, 4) is 5.75 Å². The van der Waals surface area contributed by atoms with Crippen molar-refractivity contribution in [2.24, 2.45) is 5.92 Å². The molecule has 126 valence electrons. The van der Waals surface area contributed by atoms with Crippen LogP contribution in [0.1, 0.15) is 58.2 Å². The number of benzene rings is 1. The zero-order valence-electron chi connectivity index (χ0n) is 15.3. The van der Waals surface area contributed by atoms with Crippen molar-refractivity contribution in [2.45, 2.75) is 52.5 Å². The average Bonchev–Trinajstić information content (AvgIpc) is 2.41. The summed E-state index contributed by atoms with van der Waals surface area (Å²) in [5.74, 6) is 1.49. The Morgan fingerprint density at radius 3 is 2.27 bits per heavy atom. The average molecular weight is 307 g/mol. The molecule has 0 aliphatic heterocycles. The van der Waals surface area contributed by atoms with Crippen molar-refractivity contribution in [1.82, 2.24) is 4.90 Å². The first-order valence-electron chi connectivity index (χ1n) is 8.21. The van der Waals surface area contributed by atoms with E-state index in [1.807, 2.05) is 0 Å². The Labute approximate surface area is 136 Å². The molecule has 1 unspecified atom stereocenters. The lowest BCUT2D eigenvalue weighted by molar-refractivity contribution is 0.210. The molecule has 0 radical (unpaired) electrons. The van der Waals surface area contributed by atoms with E-state index in [0.29, 0.717) is 5.92 Å². The highest BCUT2D eigenvalue weighted by Gasteiger charge is 2.22. The smallest absolute Gasteiger partial charge is 0.123 e. The van der Waals surface area contributed by atoms with Crippen molar-refractivity contribution in [3.05, 3.63) is 29.3 Å². The first kappa shape index (κ1) is 19.0. The lowest BCUT2D eigenvalue weighted by Gasteiger charge is -2.28. The molecule has 1 aromatic rings. The second-order valence-electron chi connectivity index (χ2n) is 7.70. The Kier molecular flexibility index (Phi) is 6.89. The van der Waals surface area contributed by atoms with E-state index in [4.69, 9.17) is 4.74 Å². The van der Waals surface area contributed by atoms with Gasteiger partial charge in [-0.05, 0) is 55.1 Å². The molecule has 0 aromatic heterocycles. The Balaban J connectivity index is 3.18. The maximum Gasteiger partial charge on any atom is 0.123 e. The van der Waals surface area contributed by atoms with E-state index in [9.17, 15) is 5.11 Å². The zero-order chi connectivity index (χ0) is 16.9. The summed E-state index contributed by atoms with van der Waals surface area (Å²) in [4.78, 5) is 2.16. The Bertz CT molecular complexity index is 461. The van der Waals surface area contributed by atoms with Gasteiger partial charge in [-0.15, -0.1) is 0 Å². The molecule has 1 N–H and O–H groups in total.